The number of carbonyl (C=O) groups is 2. The average molecular weight is 452 g/mol. The Morgan fingerprint density at radius 1 is 0.853 bits per heavy atom. The van der Waals surface area contributed by atoms with E-state index < -0.39 is 6.04 Å². The average Bonchev–Trinajstić information content (AvgIpc) is 3.16. The van der Waals surface area contributed by atoms with E-state index in [1.807, 2.05) is 84.9 Å². The molecular weight excluding hydrogens is 422 g/mol. The fourth-order valence-corrected chi connectivity index (χ4v) is 4.93. The quantitative estimate of drug-likeness (QED) is 0.474. The van der Waals surface area contributed by atoms with Gasteiger partial charge < -0.3 is 10.6 Å². The number of benzene rings is 3. The first-order valence-electron chi connectivity index (χ1n) is 12.0. The Balaban J connectivity index is 1.51. The molecule has 5 nitrogen and oxygen atoms in total. The van der Waals surface area contributed by atoms with Crippen LogP contribution >= 0.6 is 0 Å². The molecule has 1 aliphatic carbocycles. The molecule has 3 aromatic carbocycles. The first-order valence-corrected chi connectivity index (χ1v) is 12.0. The van der Waals surface area contributed by atoms with Gasteiger partial charge in [0.1, 0.15) is 6.04 Å². The van der Waals surface area contributed by atoms with Gasteiger partial charge in [0, 0.05) is 23.5 Å². The molecule has 0 saturated heterocycles. The normalized spacial score (nSPS) is 17.9. The molecule has 2 N–H and O–H groups in total. The lowest BCUT2D eigenvalue weighted by Crippen LogP contribution is -2.46. The molecule has 0 spiro atoms. The monoisotopic (exact) mass is 451 g/mol. The van der Waals surface area contributed by atoms with Crippen LogP contribution in [-0.2, 0) is 9.59 Å². The third-order valence-corrected chi connectivity index (χ3v) is 6.63. The largest absolute Gasteiger partial charge is 0.361 e. The number of anilines is 2. The highest BCUT2D eigenvalue weighted by atomic mass is 16.2. The summed E-state index contributed by atoms with van der Waals surface area (Å²) in [5.74, 6) is -0.309. The fraction of sp³-hybridized carbons (Fsp3) is 0.241. The van der Waals surface area contributed by atoms with Crippen molar-refractivity contribution in [2.24, 2.45) is 0 Å². The highest BCUT2D eigenvalue weighted by molar-refractivity contribution is 6.34. The van der Waals surface area contributed by atoms with Crippen molar-refractivity contribution in [1.82, 2.24) is 5.32 Å². The van der Waals surface area contributed by atoms with Crippen LogP contribution in [0.25, 0.3) is 5.57 Å². The Kier molecular flexibility index (Phi) is 6.43. The summed E-state index contributed by atoms with van der Waals surface area (Å²) in [5.41, 5.74) is 3.82. The van der Waals surface area contributed by atoms with Crippen molar-refractivity contribution in [2.45, 2.75) is 44.2 Å². The number of fused-ring (bicyclic) bond motifs is 1. The van der Waals surface area contributed by atoms with Gasteiger partial charge in [-0.25, -0.2) is 0 Å². The number of para-hydroxylation sites is 2. The number of nitrogens with zero attached hydrogens (tertiary/aromatic N) is 1. The Hall–Kier alpha value is -3.86. The van der Waals surface area contributed by atoms with Gasteiger partial charge in [-0.05, 0) is 36.6 Å². The number of nitrogens with one attached hydrogen (secondary N) is 2. The van der Waals surface area contributed by atoms with E-state index in [2.05, 4.69) is 10.6 Å². The van der Waals surface area contributed by atoms with E-state index in [1.165, 1.54) is 6.42 Å². The van der Waals surface area contributed by atoms with E-state index in [-0.39, 0.29) is 17.9 Å². The first-order chi connectivity index (χ1) is 16.7. The van der Waals surface area contributed by atoms with Crippen molar-refractivity contribution in [1.29, 1.82) is 0 Å². The smallest absolute Gasteiger partial charge is 0.261 e. The molecule has 0 bridgehead atoms. The Bertz CT molecular complexity index is 1180. The maximum atomic E-state index is 13.8. The second-order valence-corrected chi connectivity index (χ2v) is 8.92. The van der Waals surface area contributed by atoms with Gasteiger partial charge in [-0.15, -0.1) is 0 Å². The van der Waals surface area contributed by atoms with Crippen molar-refractivity contribution in [3.05, 3.63) is 102 Å². The number of rotatable bonds is 6. The van der Waals surface area contributed by atoms with Crippen molar-refractivity contribution >= 4 is 28.8 Å². The molecule has 34 heavy (non-hydrogen) atoms. The van der Waals surface area contributed by atoms with Crippen LogP contribution in [0.3, 0.4) is 0 Å². The molecule has 1 aliphatic heterocycles. The molecule has 1 unspecified atom stereocenters. The summed E-state index contributed by atoms with van der Waals surface area (Å²) in [6.45, 7) is 0. The Morgan fingerprint density at radius 3 is 2.24 bits per heavy atom. The minimum Gasteiger partial charge on any atom is -0.361 e. The topological polar surface area (TPSA) is 61.4 Å². The third-order valence-electron chi connectivity index (χ3n) is 6.63. The molecule has 172 valence electrons. The highest BCUT2D eigenvalue weighted by Crippen LogP contribution is 2.42. The lowest BCUT2D eigenvalue weighted by molar-refractivity contribution is -0.125. The maximum Gasteiger partial charge on any atom is 0.261 e. The lowest BCUT2D eigenvalue weighted by Gasteiger charge is -2.31. The van der Waals surface area contributed by atoms with Gasteiger partial charge in [0.2, 0.25) is 5.91 Å². The van der Waals surface area contributed by atoms with Crippen molar-refractivity contribution < 1.29 is 9.59 Å². The molecule has 5 heteroatoms. The molecular formula is C29H29N3O2. The number of hydrogen-bond donors (Lipinski definition) is 2. The summed E-state index contributed by atoms with van der Waals surface area (Å²) < 4.78 is 0. The van der Waals surface area contributed by atoms with Gasteiger partial charge in [0.05, 0.1) is 11.3 Å². The predicted molar refractivity (Wildman–Crippen MR) is 136 cm³/mol. The van der Waals surface area contributed by atoms with Gasteiger partial charge in [0.15, 0.2) is 0 Å². The summed E-state index contributed by atoms with van der Waals surface area (Å²) in [6.07, 6.45) is 7.20. The number of carbonyl (C=O) groups excluding carboxylic acids is 2. The SMILES string of the molecule is O=C(NC1CCCCC1)C(c1ccccc1)N1C(=O)C(=CNc2ccccc2)c2ccccc21. The number of hydrogen-bond acceptors (Lipinski definition) is 3. The first kappa shape index (κ1) is 22.0. The maximum absolute atomic E-state index is 13.8. The van der Waals surface area contributed by atoms with Crippen molar-refractivity contribution in [3.63, 3.8) is 0 Å². The van der Waals surface area contributed by atoms with E-state index in [4.69, 9.17) is 0 Å². The molecule has 2 aliphatic rings. The fourth-order valence-electron chi connectivity index (χ4n) is 4.93. The molecule has 2 amide bonds. The van der Waals surface area contributed by atoms with Crippen LogP contribution in [0.1, 0.15) is 49.3 Å². The molecule has 5 rings (SSSR count). The zero-order valence-electron chi connectivity index (χ0n) is 19.1. The van der Waals surface area contributed by atoms with Crippen LogP contribution in [0.4, 0.5) is 11.4 Å². The second-order valence-electron chi connectivity index (χ2n) is 8.92. The predicted octanol–water partition coefficient (Wildman–Crippen LogP) is 5.68. The number of amides is 2. The molecule has 3 aromatic rings. The molecule has 1 fully saturated rings. The van der Waals surface area contributed by atoms with E-state index >= 15 is 0 Å². The van der Waals surface area contributed by atoms with Gasteiger partial charge in [0.25, 0.3) is 5.91 Å². The van der Waals surface area contributed by atoms with Gasteiger partial charge in [-0.1, -0.05) is 86.0 Å². The van der Waals surface area contributed by atoms with Crippen LogP contribution in [0.5, 0.6) is 0 Å². The van der Waals surface area contributed by atoms with E-state index in [0.717, 1.165) is 48.2 Å². The van der Waals surface area contributed by atoms with E-state index in [9.17, 15) is 9.59 Å². The van der Waals surface area contributed by atoms with Crippen LogP contribution in [0.2, 0.25) is 0 Å². The van der Waals surface area contributed by atoms with Crippen LogP contribution in [0, 0.1) is 0 Å². The molecule has 1 heterocycles. The molecule has 0 radical (unpaired) electrons. The van der Waals surface area contributed by atoms with Crippen LogP contribution in [0.15, 0.2) is 91.1 Å². The Labute approximate surface area is 200 Å². The summed E-state index contributed by atoms with van der Waals surface area (Å²) >= 11 is 0. The molecule has 1 atom stereocenters. The highest BCUT2D eigenvalue weighted by Gasteiger charge is 2.41. The van der Waals surface area contributed by atoms with E-state index in [1.54, 1.807) is 11.1 Å². The minimum atomic E-state index is -0.737. The zero-order valence-corrected chi connectivity index (χ0v) is 19.1. The van der Waals surface area contributed by atoms with Crippen molar-refractivity contribution in [2.75, 3.05) is 10.2 Å². The Morgan fingerprint density at radius 2 is 1.50 bits per heavy atom. The van der Waals surface area contributed by atoms with Gasteiger partial charge >= 0.3 is 0 Å². The standard InChI is InChI=1S/C29H29N3O2/c33-28(31-23-16-8-3-9-17-23)27(21-12-4-1-5-13-21)32-26-19-11-10-18-24(26)25(29(32)34)20-30-22-14-6-2-7-15-22/h1-2,4-7,10-15,18-20,23,27,30H,3,8-9,16-17H2,(H,31,33). The molecule has 0 aromatic heterocycles. The van der Waals surface area contributed by atoms with Crippen LogP contribution < -0.4 is 15.5 Å². The van der Waals surface area contributed by atoms with Crippen LogP contribution in [-0.4, -0.2) is 17.9 Å². The van der Waals surface area contributed by atoms with Gasteiger partial charge in [-0.2, -0.15) is 0 Å². The van der Waals surface area contributed by atoms with Gasteiger partial charge in [-0.3, -0.25) is 14.5 Å². The third kappa shape index (κ3) is 4.46. The van der Waals surface area contributed by atoms with Crippen molar-refractivity contribution in [3.8, 4) is 0 Å². The summed E-state index contributed by atoms with van der Waals surface area (Å²) in [4.78, 5) is 29.2. The second kappa shape index (κ2) is 9.96. The summed E-state index contributed by atoms with van der Waals surface area (Å²) in [7, 11) is 0. The molecule has 1 saturated carbocycles. The van der Waals surface area contributed by atoms with E-state index in [0.29, 0.717) is 5.57 Å². The summed E-state index contributed by atoms with van der Waals surface area (Å²) in [6, 6.07) is 26.4. The zero-order chi connectivity index (χ0) is 23.3. The minimum absolute atomic E-state index is 0.126. The lowest BCUT2D eigenvalue weighted by atomic mass is 9.94. The summed E-state index contributed by atoms with van der Waals surface area (Å²) in [5, 5.41) is 6.49.